The summed E-state index contributed by atoms with van der Waals surface area (Å²) >= 11 is 0. The lowest BCUT2D eigenvalue weighted by Crippen LogP contribution is -2.21. The molecule has 1 unspecified atom stereocenters. The van der Waals surface area contributed by atoms with E-state index in [1.165, 1.54) is 5.56 Å². The van der Waals surface area contributed by atoms with E-state index in [0.717, 1.165) is 18.6 Å². The van der Waals surface area contributed by atoms with E-state index < -0.39 is 0 Å². The second-order valence-corrected chi connectivity index (χ2v) is 3.45. The number of halogens is 1. The van der Waals surface area contributed by atoms with Crippen molar-refractivity contribution < 1.29 is 4.74 Å². The highest BCUT2D eigenvalue weighted by Gasteiger charge is 2.01. The van der Waals surface area contributed by atoms with Crippen LogP contribution in [0.15, 0.2) is 24.3 Å². The summed E-state index contributed by atoms with van der Waals surface area (Å²) in [5.41, 5.74) is 7.15. The van der Waals surface area contributed by atoms with E-state index in [2.05, 4.69) is 19.1 Å². The number of nitrogens with two attached hydrogens (primary N) is 1. The first-order valence-electron chi connectivity index (χ1n) is 5.23. The predicted molar refractivity (Wildman–Crippen MR) is 66.8 cm³/mol. The minimum Gasteiger partial charge on any atom is -0.494 e. The zero-order valence-corrected chi connectivity index (χ0v) is 10.2. The fraction of sp³-hybridized carbons (Fsp3) is 0.500. The quantitative estimate of drug-likeness (QED) is 0.843. The van der Waals surface area contributed by atoms with E-state index >= 15 is 0 Å². The number of hydrogen-bond donors (Lipinski definition) is 1. The van der Waals surface area contributed by atoms with Gasteiger partial charge in [-0.25, -0.2) is 0 Å². The summed E-state index contributed by atoms with van der Waals surface area (Å²) in [6.07, 6.45) is 1.97. The molecular weight excluding hydrogens is 210 g/mol. The van der Waals surface area contributed by atoms with Crippen LogP contribution in [0.5, 0.6) is 5.75 Å². The fourth-order valence-electron chi connectivity index (χ4n) is 1.34. The largest absolute Gasteiger partial charge is 0.494 e. The number of rotatable bonds is 5. The Labute approximate surface area is 98.2 Å². The molecule has 0 heterocycles. The van der Waals surface area contributed by atoms with Crippen LogP contribution in [0.1, 0.15) is 25.8 Å². The molecule has 0 spiro atoms. The van der Waals surface area contributed by atoms with Gasteiger partial charge in [0.05, 0.1) is 6.61 Å². The summed E-state index contributed by atoms with van der Waals surface area (Å²) in [5, 5.41) is 0. The number of hydrogen-bond acceptors (Lipinski definition) is 2. The van der Waals surface area contributed by atoms with E-state index in [4.69, 9.17) is 10.5 Å². The first-order chi connectivity index (χ1) is 6.76. The molecule has 0 aliphatic carbocycles. The molecule has 0 fully saturated rings. The maximum atomic E-state index is 5.87. The maximum absolute atomic E-state index is 5.87. The lowest BCUT2D eigenvalue weighted by atomic mass is 10.0. The van der Waals surface area contributed by atoms with Gasteiger partial charge >= 0.3 is 0 Å². The van der Waals surface area contributed by atoms with Crippen LogP contribution in [0.2, 0.25) is 0 Å². The molecule has 86 valence electrons. The highest BCUT2D eigenvalue weighted by molar-refractivity contribution is 5.85. The summed E-state index contributed by atoms with van der Waals surface area (Å²) in [5.74, 6) is 0.932. The van der Waals surface area contributed by atoms with E-state index in [9.17, 15) is 0 Å². The van der Waals surface area contributed by atoms with Crippen LogP contribution in [0, 0.1) is 0 Å². The Morgan fingerprint density at radius 2 is 1.80 bits per heavy atom. The van der Waals surface area contributed by atoms with Gasteiger partial charge in [0.25, 0.3) is 0 Å². The van der Waals surface area contributed by atoms with Gasteiger partial charge in [0.15, 0.2) is 0 Å². The molecule has 0 bridgehead atoms. The predicted octanol–water partition coefficient (Wildman–Crippen LogP) is 2.79. The first-order valence-corrected chi connectivity index (χ1v) is 5.23. The Morgan fingerprint density at radius 1 is 1.20 bits per heavy atom. The van der Waals surface area contributed by atoms with Crippen LogP contribution in [0.4, 0.5) is 0 Å². The summed E-state index contributed by atoms with van der Waals surface area (Å²) < 4.78 is 5.36. The van der Waals surface area contributed by atoms with Gasteiger partial charge in [0.2, 0.25) is 0 Å². The average molecular weight is 230 g/mol. The van der Waals surface area contributed by atoms with Crippen LogP contribution in [-0.4, -0.2) is 12.6 Å². The van der Waals surface area contributed by atoms with Crippen molar-refractivity contribution in [1.82, 2.24) is 0 Å². The smallest absolute Gasteiger partial charge is 0.119 e. The van der Waals surface area contributed by atoms with Crippen LogP contribution in [0.3, 0.4) is 0 Å². The SMILES string of the molecule is CCOc1ccc(CC(N)CC)cc1.Cl. The van der Waals surface area contributed by atoms with Crippen molar-refractivity contribution in [2.75, 3.05) is 6.61 Å². The minimum atomic E-state index is 0. The molecule has 0 saturated carbocycles. The van der Waals surface area contributed by atoms with Crippen molar-refractivity contribution in [1.29, 1.82) is 0 Å². The third-order valence-corrected chi connectivity index (χ3v) is 2.26. The molecule has 3 heteroatoms. The van der Waals surface area contributed by atoms with Crippen molar-refractivity contribution >= 4 is 12.4 Å². The highest BCUT2D eigenvalue weighted by atomic mass is 35.5. The Bertz CT molecular complexity index is 261. The molecular formula is C12H20ClNO. The number of benzene rings is 1. The van der Waals surface area contributed by atoms with Crippen molar-refractivity contribution in [2.45, 2.75) is 32.7 Å². The van der Waals surface area contributed by atoms with Crippen LogP contribution in [0.25, 0.3) is 0 Å². The molecule has 0 radical (unpaired) electrons. The Morgan fingerprint density at radius 3 is 2.27 bits per heavy atom. The summed E-state index contributed by atoms with van der Waals surface area (Å²) in [7, 11) is 0. The van der Waals surface area contributed by atoms with E-state index in [1.54, 1.807) is 0 Å². The average Bonchev–Trinajstić information content (AvgIpc) is 2.21. The molecule has 2 N–H and O–H groups in total. The lowest BCUT2D eigenvalue weighted by molar-refractivity contribution is 0.340. The summed E-state index contributed by atoms with van der Waals surface area (Å²) in [4.78, 5) is 0. The molecule has 15 heavy (non-hydrogen) atoms. The summed E-state index contributed by atoms with van der Waals surface area (Å²) in [6.45, 7) is 4.81. The highest BCUT2D eigenvalue weighted by Crippen LogP contribution is 2.13. The monoisotopic (exact) mass is 229 g/mol. The Balaban J connectivity index is 0.00000196. The van der Waals surface area contributed by atoms with E-state index in [1.807, 2.05) is 19.1 Å². The molecule has 1 rings (SSSR count). The van der Waals surface area contributed by atoms with Crippen LogP contribution >= 0.6 is 12.4 Å². The Kier molecular flexibility index (Phi) is 7.18. The fourth-order valence-corrected chi connectivity index (χ4v) is 1.34. The van der Waals surface area contributed by atoms with Gasteiger partial charge in [0, 0.05) is 6.04 Å². The van der Waals surface area contributed by atoms with Crippen molar-refractivity contribution in [3.63, 3.8) is 0 Å². The topological polar surface area (TPSA) is 35.2 Å². The van der Waals surface area contributed by atoms with Gasteiger partial charge in [-0.1, -0.05) is 19.1 Å². The second-order valence-electron chi connectivity index (χ2n) is 3.45. The molecule has 0 aromatic heterocycles. The molecule has 0 amide bonds. The van der Waals surface area contributed by atoms with Crippen molar-refractivity contribution in [2.24, 2.45) is 5.73 Å². The van der Waals surface area contributed by atoms with Gasteiger partial charge in [0.1, 0.15) is 5.75 Å². The Hall–Kier alpha value is -0.730. The third kappa shape index (κ3) is 5.05. The third-order valence-electron chi connectivity index (χ3n) is 2.26. The number of ether oxygens (including phenoxy) is 1. The minimum absolute atomic E-state index is 0. The van der Waals surface area contributed by atoms with Crippen LogP contribution < -0.4 is 10.5 Å². The van der Waals surface area contributed by atoms with Crippen LogP contribution in [-0.2, 0) is 6.42 Å². The van der Waals surface area contributed by atoms with Crippen molar-refractivity contribution in [3.8, 4) is 5.75 Å². The molecule has 1 aromatic carbocycles. The lowest BCUT2D eigenvalue weighted by Gasteiger charge is -2.09. The standard InChI is InChI=1S/C12H19NO.ClH/c1-3-11(13)9-10-5-7-12(8-6-10)14-4-2;/h5-8,11H,3-4,9,13H2,1-2H3;1H. The summed E-state index contributed by atoms with van der Waals surface area (Å²) in [6, 6.07) is 8.44. The van der Waals surface area contributed by atoms with Gasteiger partial charge in [-0.15, -0.1) is 12.4 Å². The zero-order chi connectivity index (χ0) is 10.4. The molecule has 2 nitrogen and oxygen atoms in total. The zero-order valence-electron chi connectivity index (χ0n) is 9.40. The molecule has 0 saturated heterocycles. The van der Waals surface area contributed by atoms with Gasteiger partial charge in [-0.3, -0.25) is 0 Å². The maximum Gasteiger partial charge on any atom is 0.119 e. The normalized spacial score (nSPS) is 11.7. The molecule has 1 aromatic rings. The van der Waals surface area contributed by atoms with E-state index in [0.29, 0.717) is 6.61 Å². The van der Waals surface area contributed by atoms with Gasteiger partial charge in [-0.05, 0) is 37.5 Å². The van der Waals surface area contributed by atoms with E-state index in [-0.39, 0.29) is 18.4 Å². The molecule has 0 aliphatic heterocycles. The first kappa shape index (κ1) is 14.3. The van der Waals surface area contributed by atoms with Gasteiger partial charge in [-0.2, -0.15) is 0 Å². The van der Waals surface area contributed by atoms with Gasteiger partial charge < -0.3 is 10.5 Å². The molecule has 0 aliphatic rings. The molecule has 1 atom stereocenters. The second kappa shape index (κ2) is 7.55. The van der Waals surface area contributed by atoms with Crippen molar-refractivity contribution in [3.05, 3.63) is 29.8 Å².